The van der Waals surface area contributed by atoms with Crippen LogP contribution in [0.2, 0.25) is 0 Å². The Labute approximate surface area is 133 Å². The number of halogens is 1. The van der Waals surface area contributed by atoms with Gasteiger partial charge in [0.1, 0.15) is 6.33 Å². The van der Waals surface area contributed by atoms with Crippen molar-refractivity contribution in [3.8, 4) is 5.69 Å². The highest BCUT2D eigenvalue weighted by atomic mass is 79.9. The molecule has 3 heterocycles. The van der Waals surface area contributed by atoms with Crippen molar-refractivity contribution in [3.05, 3.63) is 63.4 Å². The van der Waals surface area contributed by atoms with Gasteiger partial charge in [-0.15, -0.1) is 0 Å². The van der Waals surface area contributed by atoms with Crippen LogP contribution in [0, 0.1) is 6.92 Å². The molecule has 0 saturated heterocycles. The summed E-state index contributed by atoms with van der Waals surface area (Å²) in [6.07, 6.45) is 3.18. The first-order valence-corrected chi connectivity index (χ1v) is 7.42. The summed E-state index contributed by atoms with van der Waals surface area (Å²) in [5.41, 5.74) is 2.03. The monoisotopic (exact) mass is 355 g/mol. The highest BCUT2D eigenvalue weighted by molar-refractivity contribution is 9.10. The van der Waals surface area contributed by atoms with Gasteiger partial charge in [-0.1, -0.05) is 15.9 Å². The average Bonchev–Trinajstić information content (AvgIpc) is 2.97. The number of hydrogen-bond donors (Lipinski definition) is 0. The van der Waals surface area contributed by atoms with Crippen LogP contribution in [0.5, 0.6) is 0 Å². The van der Waals surface area contributed by atoms with Crippen molar-refractivity contribution >= 4 is 32.6 Å². The molecule has 1 aromatic carbocycles. The normalized spacial score (nSPS) is 11.4. The first-order chi connectivity index (χ1) is 10.6. The molecule has 0 radical (unpaired) electrons. The molecule has 0 fully saturated rings. The second kappa shape index (κ2) is 4.74. The van der Waals surface area contributed by atoms with E-state index in [2.05, 4.69) is 31.0 Å². The Morgan fingerprint density at radius 2 is 1.91 bits per heavy atom. The van der Waals surface area contributed by atoms with Crippen molar-refractivity contribution in [1.29, 1.82) is 0 Å². The Morgan fingerprint density at radius 1 is 1.14 bits per heavy atom. The molecule has 22 heavy (non-hydrogen) atoms. The molecule has 4 rings (SSSR count). The summed E-state index contributed by atoms with van der Waals surface area (Å²) in [4.78, 5) is 21.3. The minimum atomic E-state index is -0.123. The number of pyridine rings is 1. The van der Waals surface area contributed by atoms with Crippen LogP contribution < -0.4 is 5.56 Å². The summed E-state index contributed by atoms with van der Waals surface area (Å²) in [6, 6.07) is 9.42. The number of nitrogens with zero attached hydrogens (tertiary/aromatic N) is 5. The molecule has 108 valence electrons. The lowest BCUT2D eigenvalue weighted by molar-refractivity contribution is 0.949. The molecule has 0 N–H and O–H groups in total. The lowest BCUT2D eigenvalue weighted by Crippen LogP contribution is -2.20. The highest BCUT2D eigenvalue weighted by Gasteiger charge is 2.12. The molecular weight excluding hydrogens is 346 g/mol. The maximum Gasteiger partial charge on any atom is 0.266 e. The summed E-state index contributed by atoms with van der Waals surface area (Å²) < 4.78 is 4.15. The second-order valence-corrected chi connectivity index (χ2v) is 5.81. The highest BCUT2D eigenvalue weighted by Crippen LogP contribution is 2.17. The second-order valence-electron chi connectivity index (χ2n) is 4.90. The van der Waals surface area contributed by atoms with E-state index in [0.29, 0.717) is 22.4 Å². The summed E-state index contributed by atoms with van der Waals surface area (Å²) in [6.45, 7) is 1.81. The zero-order valence-electron chi connectivity index (χ0n) is 11.6. The van der Waals surface area contributed by atoms with E-state index < -0.39 is 0 Å². The largest absolute Gasteiger partial charge is 0.284 e. The van der Waals surface area contributed by atoms with Crippen molar-refractivity contribution in [3.63, 3.8) is 0 Å². The zero-order chi connectivity index (χ0) is 15.3. The minimum Gasteiger partial charge on any atom is -0.284 e. The summed E-state index contributed by atoms with van der Waals surface area (Å²) in [5.74, 6) is 0.491. The molecule has 4 aromatic rings. The molecule has 7 heteroatoms. The van der Waals surface area contributed by atoms with E-state index in [1.807, 2.05) is 37.3 Å². The summed E-state index contributed by atoms with van der Waals surface area (Å²) in [5, 5.41) is 4.68. The third-order valence-corrected chi connectivity index (χ3v) is 4.09. The first-order valence-electron chi connectivity index (χ1n) is 6.63. The predicted molar refractivity (Wildman–Crippen MR) is 86.3 cm³/mol. The Kier molecular flexibility index (Phi) is 2.83. The summed E-state index contributed by atoms with van der Waals surface area (Å²) in [7, 11) is 0. The van der Waals surface area contributed by atoms with E-state index in [-0.39, 0.29) is 5.56 Å². The van der Waals surface area contributed by atoms with Gasteiger partial charge < -0.3 is 0 Å². The van der Waals surface area contributed by atoms with E-state index in [1.165, 1.54) is 6.33 Å². The Bertz CT molecular complexity index is 1070. The van der Waals surface area contributed by atoms with Crippen molar-refractivity contribution in [2.24, 2.45) is 0 Å². The van der Waals surface area contributed by atoms with E-state index in [1.54, 1.807) is 15.3 Å². The van der Waals surface area contributed by atoms with Crippen molar-refractivity contribution < 1.29 is 0 Å². The lowest BCUT2D eigenvalue weighted by Gasteiger charge is -2.09. The van der Waals surface area contributed by atoms with Crippen LogP contribution in [0.25, 0.3) is 22.4 Å². The Hall–Kier alpha value is -2.54. The maximum absolute atomic E-state index is 12.8. The number of aromatic nitrogens is 5. The van der Waals surface area contributed by atoms with E-state index >= 15 is 0 Å². The number of hydrogen-bond acceptors (Lipinski definition) is 4. The van der Waals surface area contributed by atoms with Gasteiger partial charge in [-0.25, -0.2) is 4.98 Å². The van der Waals surface area contributed by atoms with Gasteiger partial charge in [0, 0.05) is 16.4 Å². The van der Waals surface area contributed by atoms with Gasteiger partial charge >= 0.3 is 0 Å². The molecule has 3 aromatic heterocycles. The van der Waals surface area contributed by atoms with Gasteiger partial charge in [-0.05, 0) is 37.3 Å². The molecule has 0 spiro atoms. The summed E-state index contributed by atoms with van der Waals surface area (Å²) >= 11 is 3.39. The van der Waals surface area contributed by atoms with Gasteiger partial charge in [-0.2, -0.15) is 14.6 Å². The van der Waals surface area contributed by atoms with Gasteiger partial charge in [-0.3, -0.25) is 9.36 Å². The van der Waals surface area contributed by atoms with Crippen LogP contribution in [0.3, 0.4) is 0 Å². The molecule has 0 unspecified atom stereocenters. The van der Waals surface area contributed by atoms with E-state index in [9.17, 15) is 4.79 Å². The van der Waals surface area contributed by atoms with Gasteiger partial charge in [0.25, 0.3) is 11.3 Å². The predicted octanol–water partition coefficient (Wildman–Crippen LogP) is 2.50. The van der Waals surface area contributed by atoms with Crippen LogP contribution in [0.15, 0.2) is 52.1 Å². The third kappa shape index (κ3) is 1.86. The van der Waals surface area contributed by atoms with Crippen LogP contribution in [-0.2, 0) is 0 Å². The molecule has 0 bridgehead atoms. The Morgan fingerprint density at radius 3 is 2.68 bits per heavy atom. The van der Waals surface area contributed by atoms with Crippen molar-refractivity contribution in [2.75, 3.05) is 0 Å². The van der Waals surface area contributed by atoms with Crippen LogP contribution in [0.1, 0.15) is 5.69 Å². The quantitative estimate of drug-likeness (QED) is 0.526. The number of benzene rings is 1. The minimum absolute atomic E-state index is 0.123. The topological polar surface area (TPSA) is 65.1 Å². The molecular formula is C15H10BrN5O. The van der Waals surface area contributed by atoms with Crippen molar-refractivity contribution in [2.45, 2.75) is 6.92 Å². The van der Waals surface area contributed by atoms with Gasteiger partial charge in [0.15, 0.2) is 0 Å². The number of aryl methyl sites for hydroxylation is 1. The van der Waals surface area contributed by atoms with Crippen LogP contribution in [-0.4, -0.2) is 24.1 Å². The maximum atomic E-state index is 12.8. The van der Waals surface area contributed by atoms with Gasteiger partial charge in [0.05, 0.1) is 16.6 Å². The molecule has 0 aliphatic rings. The number of rotatable bonds is 1. The molecule has 0 saturated carbocycles. The first kappa shape index (κ1) is 13.1. The SMILES string of the molecule is Cc1nc2ncnn2c2ccn(-c3ccc(Br)cc3)c(=O)c12. The van der Waals surface area contributed by atoms with Gasteiger partial charge in [0.2, 0.25) is 0 Å². The molecule has 0 atom stereocenters. The molecule has 0 aliphatic carbocycles. The fourth-order valence-corrected chi connectivity index (χ4v) is 2.80. The standard InChI is InChI=1S/C15H10BrN5O/c1-9-13-12(21-15(19-9)17-8-18-21)6-7-20(14(13)22)11-4-2-10(16)3-5-11/h2-8H,1H3. The molecule has 0 amide bonds. The smallest absolute Gasteiger partial charge is 0.266 e. The van der Waals surface area contributed by atoms with E-state index in [0.717, 1.165) is 10.2 Å². The fourth-order valence-electron chi connectivity index (χ4n) is 2.54. The van der Waals surface area contributed by atoms with Crippen LogP contribution in [0.4, 0.5) is 0 Å². The fraction of sp³-hybridized carbons (Fsp3) is 0.0667. The zero-order valence-corrected chi connectivity index (χ0v) is 13.1. The number of fused-ring (bicyclic) bond motifs is 3. The molecule has 0 aliphatic heterocycles. The Balaban J connectivity index is 2.09. The molecule has 6 nitrogen and oxygen atoms in total. The van der Waals surface area contributed by atoms with Crippen LogP contribution >= 0.6 is 15.9 Å². The van der Waals surface area contributed by atoms with Crippen molar-refractivity contribution in [1.82, 2.24) is 24.1 Å². The van der Waals surface area contributed by atoms with E-state index in [4.69, 9.17) is 0 Å². The third-order valence-electron chi connectivity index (χ3n) is 3.56. The average molecular weight is 356 g/mol. The lowest BCUT2D eigenvalue weighted by atomic mass is 10.2.